The molecule has 0 saturated heterocycles. The number of terminal acetylenes is 4. The molecule has 8 aromatic rings. The number of hydrogen-bond donors (Lipinski definition) is 0. The minimum absolute atomic E-state index is 0.0676. The maximum atomic E-state index is 6.90. The van der Waals surface area contributed by atoms with E-state index in [2.05, 4.69) is 378 Å². The van der Waals surface area contributed by atoms with E-state index < -0.39 is 0 Å². The molecule has 0 N–H and O–H groups in total. The van der Waals surface area contributed by atoms with Gasteiger partial charge in [0.25, 0.3) is 0 Å². The van der Waals surface area contributed by atoms with Crippen LogP contribution in [-0.4, -0.2) is 231 Å². The van der Waals surface area contributed by atoms with E-state index in [0.717, 1.165) is 60.1 Å². The average molecular weight is 1440 g/mol. The summed E-state index contributed by atoms with van der Waals surface area (Å²) in [6.07, 6.45) is 26.5. The van der Waals surface area contributed by atoms with Crippen LogP contribution in [-0.2, 0) is 0 Å². The van der Waals surface area contributed by atoms with E-state index in [-0.39, 0.29) is 38.9 Å². The second kappa shape index (κ2) is 40.0. The van der Waals surface area contributed by atoms with Crippen LogP contribution in [0.1, 0.15) is 110 Å². The van der Waals surface area contributed by atoms with Gasteiger partial charge >= 0.3 is 0 Å². The molecule has 0 unspecified atom stereocenters. The molecule has 0 aliphatic rings. The number of fused-ring (bicyclic) bond motifs is 6. The smallest absolute Gasteiger partial charge is 0.115 e. The number of aryl methyl sites for hydroxylation is 5. The first-order valence-corrected chi connectivity index (χ1v) is 41.3. The minimum atomic E-state index is 0.0676. The van der Waals surface area contributed by atoms with Crippen LogP contribution in [0.4, 0.5) is 0 Å². The van der Waals surface area contributed by atoms with Crippen molar-refractivity contribution in [2.45, 2.75) is 83.1 Å². The van der Waals surface area contributed by atoms with Crippen LogP contribution in [0, 0.1) is 266 Å². The summed E-state index contributed by atoms with van der Waals surface area (Å²) in [4.78, 5) is 0. The van der Waals surface area contributed by atoms with Crippen molar-refractivity contribution in [1.82, 2.24) is 0 Å². The van der Waals surface area contributed by atoms with Crippen LogP contribution in [0.15, 0.2) is 6.07 Å². The molecule has 0 amide bonds. The zero-order chi connectivity index (χ0) is 85.8. The van der Waals surface area contributed by atoms with Gasteiger partial charge in [-0.3, -0.25) is 0 Å². The Bertz CT molecular complexity index is 6690. The fourth-order valence-corrected chi connectivity index (χ4v) is 19.2. The molecule has 512 valence electrons. The van der Waals surface area contributed by atoms with Crippen LogP contribution in [0.5, 0.6) is 0 Å². The van der Waals surface area contributed by atoms with Gasteiger partial charge in [0.15, 0.2) is 0 Å². The highest BCUT2D eigenvalue weighted by molar-refractivity contribution is 7.89. The standard InChI is InChI=1S/C84H80B32/c1-17-24-29-32-33-34-36-40-46-63-66-55(15)58(23-7)60(41-22-6)62(43-28-21-5)73(66)71-61(45-37-27-20-4)59(44-39-31-26-19-3)57(42-38-35-30-25-18-2)47-64(71)72(63)68-53(13)50(10)54(14)69-70(68)56(16)65-51(11)48(8)49(9)52(12)67(65)74(69)75-76-77(78(85)79(103-86)80(75)106(89)90)82(110(115(100)101)116(102)105-88)84(109(113(96)97)114(98)99)83(108(104-87)112(94)95)81(76)107(91)111(92)93/h1,3,5,7,47,103-105H,85-102H2,2,4,6,8-16H3. The molecule has 116 heavy (non-hydrogen) atoms. The van der Waals surface area contributed by atoms with E-state index in [1.165, 1.54) is 87.7 Å². The van der Waals surface area contributed by atoms with Crippen molar-refractivity contribution >= 4 is 324 Å². The molecule has 0 spiro atoms. The second-order valence-corrected chi connectivity index (χ2v) is 33.1. The van der Waals surface area contributed by atoms with E-state index in [1.807, 2.05) is 6.92 Å². The molecule has 0 fully saturated rings. The predicted molar refractivity (Wildman–Crippen MR) is 591 cm³/mol. The third kappa shape index (κ3) is 17.1. The lowest BCUT2D eigenvalue weighted by Crippen LogP contribution is -2.80. The fourth-order valence-electron chi connectivity index (χ4n) is 19.2. The Labute approximate surface area is 721 Å². The molecule has 0 heterocycles. The zero-order valence-electron chi connectivity index (χ0n) is 74.9. The maximum absolute atomic E-state index is 6.90. The highest BCUT2D eigenvalue weighted by Crippen LogP contribution is 2.54. The van der Waals surface area contributed by atoms with E-state index in [1.54, 1.807) is 37.2 Å². The Balaban J connectivity index is 2.09. The van der Waals surface area contributed by atoms with Gasteiger partial charge in [-0.1, -0.05) is 75.1 Å². The van der Waals surface area contributed by atoms with E-state index in [9.17, 15) is 0 Å². The largest absolute Gasteiger partial charge is 0.139 e. The van der Waals surface area contributed by atoms with Crippen molar-refractivity contribution in [3.8, 4) is 226 Å². The lowest BCUT2D eigenvalue weighted by atomic mass is 8.66. The van der Waals surface area contributed by atoms with Crippen molar-refractivity contribution in [3.63, 3.8) is 0 Å². The summed E-state index contributed by atoms with van der Waals surface area (Å²) in [6, 6.07) is 2.11. The van der Waals surface area contributed by atoms with Crippen LogP contribution < -0.4 is 38.2 Å². The summed E-state index contributed by atoms with van der Waals surface area (Å²) in [6.45, 7) is 27.1. The van der Waals surface area contributed by atoms with Gasteiger partial charge in [0.2, 0.25) is 0 Å². The molecule has 0 bridgehead atoms. The highest BCUT2D eigenvalue weighted by atomic mass is 14.3. The van der Waals surface area contributed by atoms with E-state index in [0.29, 0.717) is 92.4 Å². The Morgan fingerprint density at radius 1 is 0.319 bits per heavy atom. The molecule has 8 aromatic carbocycles. The SMILES string of the molecule is BBB(B)B(B(B)B)c1c(B(B(B)B)B(B)B)c(B(BB)B(B)B)c(B(B)B(B)B)c2c(-c3c4c(C)c(C)c(C)c(C)c4c(C)c4c(-c5c(C#CC#CC#CC#CC#C)c6c(C)c(C#C)c(C#CC)c(C#CC#C)c6c6c(C#CC#CC)c(C#CC#CC#C)c(C#CC#CC#CC)cc56)c(C)c(C)c(C)c34)c(B(B)B)c(BB)c(B)c12. The van der Waals surface area contributed by atoms with Crippen LogP contribution >= 0.6 is 0 Å². The Morgan fingerprint density at radius 2 is 0.793 bits per heavy atom. The molecule has 8 rings (SSSR count). The summed E-state index contributed by atoms with van der Waals surface area (Å²) in [7, 11) is 47.8. The number of hydrogen-bond acceptors (Lipinski definition) is 0. The monoisotopic (exact) mass is 1440 g/mol. The van der Waals surface area contributed by atoms with Crippen molar-refractivity contribution < 1.29 is 0 Å². The number of benzene rings is 8. The van der Waals surface area contributed by atoms with Crippen LogP contribution in [0.3, 0.4) is 0 Å². The van der Waals surface area contributed by atoms with Crippen molar-refractivity contribution in [2.75, 3.05) is 0 Å². The Kier molecular flexibility index (Phi) is 31.4. The van der Waals surface area contributed by atoms with E-state index in [4.69, 9.17) is 25.7 Å². The van der Waals surface area contributed by atoms with Gasteiger partial charge in [-0.2, -0.15) is 0 Å². The second-order valence-electron chi connectivity index (χ2n) is 33.1. The predicted octanol–water partition coefficient (Wildman–Crippen LogP) is -13.8. The van der Waals surface area contributed by atoms with Gasteiger partial charge < -0.3 is 0 Å². The quantitative estimate of drug-likeness (QED) is 0.0391. The third-order valence-corrected chi connectivity index (χ3v) is 24.9. The Morgan fingerprint density at radius 3 is 1.30 bits per heavy atom. The van der Waals surface area contributed by atoms with E-state index >= 15 is 0 Å². The summed E-state index contributed by atoms with van der Waals surface area (Å²) in [5, 5.41) is 10.3. The summed E-state index contributed by atoms with van der Waals surface area (Å²) in [5.74, 6) is 91.4. The van der Waals surface area contributed by atoms with Gasteiger partial charge in [0.05, 0.1) is 187 Å². The summed E-state index contributed by atoms with van der Waals surface area (Å²) >= 11 is 0. The first-order valence-electron chi connectivity index (χ1n) is 41.3. The molecule has 0 saturated carbocycles. The zero-order valence-corrected chi connectivity index (χ0v) is 74.9. The summed E-state index contributed by atoms with van der Waals surface area (Å²) < 4.78 is 0. The van der Waals surface area contributed by atoms with Gasteiger partial charge in [-0.25, -0.2) is 0 Å². The van der Waals surface area contributed by atoms with Gasteiger partial charge in [-0.15, -0.1) is 48.0 Å². The summed E-state index contributed by atoms with van der Waals surface area (Å²) in [5.41, 5.74) is 28.7. The molecule has 0 radical (unpaired) electrons. The lowest BCUT2D eigenvalue weighted by molar-refractivity contribution is 1.25. The lowest BCUT2D eigenvalue weighted by Gasteiger charge is -2.41. The Hall–Kier alpha value is -10.3. The van der Waals surface area contributed by atoms with Crippen molar-refractivity contribution in [3.05, 3.63) is 95.1 Å². The van der Waals surface area contributed by atoms with Gasteiger partial charge in [0.1, 0.15) is 21.5 Å². The van der Waals surface area contributed by atoms with Crippen LogP contribution in [0.2, 0.25) is 0 Å². The molecular formula is C84H80B32. The van der Waals surface area contributed by atoms with Crippen molar-refractivity contribution in [1.29, 1.82) is 0 Å². The number of rotatable bonds is 16. The highest BCUT2D eigenvalue weighted by Gasteiger charge is 2.44. The fraction of sp³-hybridized carbons (Fsp3) is 0.143. The van der Waals surface area contributed by atoms with Gasteiger partial charge in [0, 0.05) is 83.8 Å². The third-order valence-electron chi connectivity index (χ3n) is 24.9. The van der Waals surface area contributed by atoms with Crippen LogP contribution in [0.25, 0.3) is 76.1 Å². The minimum Gasteiger partial charge on any atom is -0.115 e. The average Bonchev–Trinajstić information content (AvgIpc) is 0.679. The topological polar surface area (TPSA) is 0 Å². The maximum Gasteiger partial charge on any atom is 0.139 e. The molecule has 0 aliphatic heterocycles. The first-order chi connectivity index (χ1) is 55.3. The molecule has 0 aliphatic carbocycles. The normalized spacial score (nSPS) is 9.41. The first kappa shape index (κ1) is 91.2. The molecular weight excluding hydrogens is 1350 g/mol. The molecule has 0 aromatic heterocycles. The van der Waals surface area contributed by atoms with Gasteiger partial charge in [-0.05, 0) is 312 Å². The molecule has 0 nitrogen and oxygen atoms in total. The molecule has 0 atom stereocenters. The van der Waals surface area contributed by atoms with Crippen molar-refractivity contribution in [2.24, 2.45) is 0 Å². The molecule has 32 heteroatoms.